The SMILES string of the molecule is CCOP(=O)(O)CCN1/C(=C/C=C/C2=[N+](CCCCCC(=O)O)c3ccccc3C2(C)C)C(C)(C)c2ccccc21. The summed E-state index contributed by atoms with van der Waals surface area (Å²) in [7, 11) is -3.68. The monoisotopic (exact) mass is 579 g/mol. The van der Waals surface area contributed by atoms with Crippen molar-refractivity contribution < 1.29 is 28.5 Å². The van der Waals surface area contributed by atoms with Crippen LogP contribution >= 0.6 is 7.60 Å². The number of unbranched alkanes of at least 4 members (excludes halogenated alkanes) is 2. The molecule has 0 radical (unpaired) electrons. The Kier molecular flexibility index (Phi) is 9.42. The maximum atomic E-state index is 12.6. The minimum atomic E-state index is -3.68. The van der Waals surface area contributed by atoms with E-state index in [0.717, 1.165) is 30.8 Å². The van der Waals surface area contributed by atoms with E-state index in [2.05, 4.69) is 91.8 Å². The van der Waals surface area contributed by atoms with E-state index in [1.165, 1.54) is 22.5 Å². The second-order valence-corrected chi connectivity index (χ2v) is 13.8. The Bertz CT molecular complexity index is 1420. The highest BCUT2D eigenvalue weighted by atomic mass is 31.2. The van der Waals surface area contributed by atoms with E-state index in [9.17, 15) is 14.3 Å². The van der Waals surface area contributed by atoms with E-state index in [0.29, 0.717) is 13.0 Å². The summed E-state index contributed by atoms with van der Waals surface area (Å²) < 4.78 is 20.1. The molecule has 8 heteroatoms. The van der Waals surface area contributed by atoms with Gasteiger partial charge in [-0.15, -0.1) is 0 Å². The molecule has 41 heavy (non-hydrogen) atoms. The molecule has 0 spiro atoms. The van der Waals surface area contributed by atoms with Gasteiger partial charge in [-0.25, -0.2) is 0 Å². The van der Waals surface area contributed by atoms with Gasteiger partial charge in [0.25, 0.3) is 0 Å². The number of aliphatic carboxylic acids is 1. The number of hydrogen-bond donors (Lipinski definition) is 2. The largest absolute Gasteiger partial charge is 0.481 e. The minimum absolute atomic E-state index is 0.0433. The number of anilines is 1. The lowest BCUT2D eigenvalue weighted by Crippen LogP contribution is -2.29. The highest BCUT2D eigenvalue weighted by Gasteiger charge is 2.44. The van der Waals surface area contributed by atoms with Gasteiger partial charge in [0.2, 0.25) is 5.69 Å². The molecular formula is C33H44N2O5P+. The van der Waals surface area contributed by atoms with Crippen molar-refractivity contribution in [2.24, 2.45) is 0 Å². The predicted molar refractivity (Wildman–Crippen MR) is 166 cm³/mol. The molecule has 0 saturated carbocycles. The van der Waals surface area contributed by atoms with E-state index in [-0.39, 0.29) is 30.0 Å². The standard InChI is InChI=1S/C33H43N2O5P/c1-6-40-41(38,39)24-23-35-28-18-12-10-16-26(28)33(4,5)30(35)20-14-19-29-32(2,3)25-15-9-11-17-27(25)34(29)22-13-7-8-21-31(36)37/h9-12,14-20H,6-8,13,21-24H2,1-5H3,(H-,36,37,38,39)/p+1. The molecule has 0 bridgehead atoms. The topological polar surface area (TPSA) is 90.1 Å². The number of carboxylic acid groups (broad SMARTS) is 1. The summed E-state index contributed by atoms with van der Waals surface area (Å²) in [5.74, 6) is -0.744. The van der Waals surface area contributed by atoms with Gasteiger partial charge in [-0.1, -0.05) is 56.3 Å². The van der Waals surface area contributed by atoms with Crippen molar-refractivity contribution >= 4 is 30.7 Å². The zero-order valence-electron chi connectivity index (χ0n) is 25.0. The molecule has 4 rings (SSSR count). The van der Waals surface area contributed by atoms with Crippen LogP contribution in [0.1, 0.15) is 71.4 Å². The number of carbonyl (C=O) groups is 1. The van der Waals surface area contributed by atoms with Crippen molar-refractivity contribution in [1.82, 2.24) is 0 Å². The Morgan fingerprint density at radius 3 is 2.39 bits per heavy atom. The molecule has 1 atom stereocenters. The molecule has 1 unspecified atom stereocenters. The van der Waals surface area contributed by atoms with Gasteiger partial charge in [0.1, 0.15) is 6.54 Å². The van der Waals surface area contributed by atoms with E-state index >= 15 is 0 Å². The Morgan fingerprint density at radius 1 is 1.00 bits per heavy atom. The first kappa shape index (κ1) is 31.0. The summed E-state index contributed by atoms with van der Waals surface area (Å²) in [4.78, 5) is 23.4. The predicted octanol–water partition coefficient (Wildman–Crippen LogP) is 7.17. The first-order valence-electron chi connectivity index (χ1n) is 14.6. The van der Waals surface area contributed by atoms with Crippen molar-refractivity contribution in [3.8, 4) is 0 Å². The molecule has 7 nitrogen and oxygen atoms in total. The fourth-order valence-corrected chi connectivity index (χ4v) is 7.20. The fraction of sp³-hybridized carbons (Fsp3) is 0.455. The molecule has 2 N–H and O–H groups in total. The normalized spacial score (nSPS) is 19.6. The quantitative estimate of drug-likeness (QED) is 0.149. The highest BCUT2D eigenvalue weighted by molar-refractivity contribution is 7.52. The minimum Gasteiger partial charge on any atom is -0.481 e. The number of fused-ring (bicyclic) bond motifs is 2. The average Bonchev–Trinajstić information content (AvgIpc) is 3.26. The summed E-state index contributed by atoms with van der Waals surface area (Å²) in [6.07, 6.45) is 9.15. The van der Waals surface area contributed by atoms with E-state index in [1.54, 1.807) is 6.92 Å². The summed E-state index contributed by atoms with van der Waals surface area (Å²) >= 11 is 0. The molecule has 0 aromatic heterocycles. The van der Waals surface area contributed by atoms with Gasteiger partial charge in [-0.2, -0.15) is 4.58 Å². The lowest BCUT2D eigenvalue weighted by molar-refractivity contribution is -0.438. The fourth-order valence-electron chi connectivity index (χ4n) is 6.21. The highest BCUT2D eigenvalue weighted by Crippen LogP contribution is 2.49. The van der Waals surface area contributed by atoms with Crippen LogP contribution in [0.15, 0.2) is 72.5 Å². The Labute approximate surface area is 244 Å². The van der Waals surface area contributed by atoms with Crippen LogP contribution in [0.3, 0.4) is 0 Å². The van der Waals surface area contributed by atoms with Gasteiger partial charge < -0.3 is 19.4 Å². The van der Waals surface area contributed by atoms with Gasteiger partial charge in [-0.3, -0.25) is 9.36 Å². The second-order valence-electron chi connectivity index (χ2n) is 11.9. The van der Waals surface area contributed by atoms with Crippen LogP contribution in [0.25, 0.3) is 0 Å². The average molecular weight is 580 g/mol. The van der Waals surface area contributed by atoms with Crippen molar-refractivity contribution in [2.75, 3.05) is 30.8 Å². The molecule has 2 heterocycles. The Balaban J connectivity index is 1.66. The van der Waals surface area contributed by atoms with Gasteiger partial charge in [-0.05, 0) is 51.3 Å². The van der Waals surface area contributed by atoms with Gasteiger partial charge >= 0.3 is 13.6 Å². The molecule has 0 fully saturated rings. The molecule has 2 aromatic rings. The lowest BCUT2D eigenvalue weighted by atomic mass is 9.81. The van der Waals surface area contributed by atoms with Crippen LogP contribution in [-0.4, -0.2) is 52.1 Å². The third-order valence-electron chi connectivity index (χ3n) is 8.32. The molecule has 2 aromatic carbocycles. The van der Waals surface area contributed by atoms with Gasteiger partial charge in [0, 0.05) is 53.9 Å². The Hall–Kier alpha value is -2.99. The van der Waals surface area contributed by atoms with Crippen LogP contribution in [0.5, 0.6) is 0 Å². The van der Waals surface area contributed by atoms with Crippen molar-refractivity contribution in [3.05, 3.63) is 83.6 Å². The van der Waals surface area contributed by atoms with Crippen LogP contribution < -0.4 is 4.90 Å². The first-order chi connectivity index (χ1) is 19.4. The molecule has 0 aliphatic carbocycles. The van der Waals surface area contributed by atoms with Crippen LogP contribution in [0.4, 0.5) is 11.4 Å². The van der Waals surface area contributed by atoms with Crippen molar-refractivity contribution in [1.29, 1.82) is 0 Å². The third kappa shape index (κ3) is 6.58. The number of nitrogens with zero attached hydrogens (tertiary/aromatic N) is 2. The molecule has 2 aliphatic rings. The van der Waals surface area contributed by atoms with Crippen LogP contribution in [-0.2, 0) is 24.7 Å². The number of para-hydroxylation sites is 2. The van der Waals surface area contributed by atoms with E-state index in [4.69, 9.17) is 9.63 Å². The Morgan fingerprint density at radius 2 is 1.68 bits per heavy atom. The summed E-state index contributed by atoms with van der Waals surface area (Å²) in [5, 5.41) is 9.00. The first-order valence-corrected chi connectivity index (χ1v) is 16.3. The number of rotatable bonds is 13. The summed E-state index contributed by atoms with van der Waals surface area (Å²) in [6.45, 7) is 12.0. The zero-order chi connectivity index (χ0) is 29.8. The molecule has 0 amide bonds. The maximum absolute atomic E-state index is 12.6. The molecule has 0 saturated heterocycles. The third-order valence-corrected chi connectivity index (χ3v) is 9.74. The van der Waals surface area contributed by atoms with Crippen LogP contribution in [0.2, 0.25) is 0 Å². The number of benzene rings is 2. The maximum Gasteiger partial charge on any atom is 0.329 e. The second kappa shape index (κ2) is 12.5. The number of hydrogen-bond acceptors (Lipinski definition) is 4. The zero-order valence-corrected chi connectivity index (χ0v) is 25.9. The van der Waals surface area contributed by atoms with Gasteiger partial charge in [0.05, 0.1) is 18.2 Å². The van der Waals surface area contributed by atoms with Crippen molar-refractivity contribution in [3.63, 3.8) is 0 Å². The molecule has 220 valence electrons. The summed E-state index contributed by atoms with van der Waals surface area (Å²) in [5.41, 5.74) is 6.52. The van der Waals surface area contributed by atoms with Gasteiger partial charge in [0.15, 0.2) is 5.71 Å². The smallest absolute Gasteiger partial charge is 0.329 e. The van der Waals surface area contributed by atoms with Crippen molar-refractivity contribution in [2.45, 2.75) is 71.1 Å². The van der Waals surface area contributed by atoms with E-state index < -0.39 is 13.6 Å². The molecular weight excluding hydrogens is 535 g/mol. The van der Waals surface area contributed by atoms with E-state index in [1.807, 2.05) is 12.1 Å². The number of allylic oxidation sites excluding steroid dienone is 4. The number of carboxylic acids is 1. The molecule has 2 aliphatic heterocycles. The summed E-state index contributed by atoms with van der Waals surface area (Å²) in [6, 6.07) is 16.8. The lowest BCUT2D eigenvalue weighted by Gasteiger charge is -2.27. The van der Waals surface area contributed by atoms with Crippen LogP contribution in [0, 0.1) is 0 Å².